The number of hydrogen-bond donors (Lipinski definition) is 1. The molecule has 0 aliphatic heterocycles. The summed E-state index contributed by atoms with van der Waals surface area (Å²) < 4.78 is 4.98. The molecule has 0 radical (unpaired) electrons. The molecule has 0 aromatic heterocycles. The van der Waals surface area contributed by atoms with Gasteiger partial charge in [-0.15, -0.1) is 0 Å². The average molecular weight is 322 g/mol. The predicted molar refractivity (Wildman–Crippen MR) is 81.0 cm³/mol. The Morgan fingerprint density at radius 2 is 1.95 bits per heavy atom. The van der Waals surface area contributed by atoms with Gasteiger partial charge < -0.3 is 15.0 Å². The first kappa shape index (κ1) is 17.0. The van der Waals surface area contributed by atoms with Crippen LogP contribution in [0.4, 0.5) is 11.4 Å². The molecule has 6 nitrogen and oxygen atoms in total. The number of benzene rings is 1. The van der Waals surface area contributed by atoms with E-state index >= 15 is 0 Å². The lowest BCUT2D eigenvalue weighted by molar-refractivity contribution is -0.384. The number of rotatable bonds is 8. The molecule has 0 aliphatic rings. The molecule has 0 bridgehead atoms. The van der Waals surface area contributed by atoms with Gasteiger partial charge in [-0.05, 0) is 7.05 Å². The molecule has 1 rings (SSSR count). The van der Waals surface area contributed by atoms with Crippen LogP contribution < -0.4 is 5.32 Å². The number of nitrogens with zero attached hydrogens (tertiary/aromatic N) is 2. The largest absolute Gasteiger partial charge is 0.383 e. The maximum Gasteiger partial charge on any atom is 0.272 e. The number of likely N-dealkylation sites (N-methyl/N-ethyl adjacent to an activating group) is 1. The van der Waals surface area contributed by atoms with Gasteiger partial charge in [0, 0.05) is 38.9 Å². The Morgan fingerprint density at radius 3 is 2.45 bits per heavy atom. The maximum atomic E-state index is 10.7. The lowest BCUT2D eigenvalue weighted by Crippen LogP contribution is -2.28. The highest BCUT2D eigenvalue weighted by atomic mass is 35.5. The van der Waals surface area contributed by atoms with Crippen molar-refractivity contribution in [3.63, 3.8) is 0 Å². The molecular weight excluding hydrogens is 305 g/mol. The van der Waals surface area contributed by atoms with Crippen molar-refractivity contribution in [3.05, 3.63) is 32.3 Å². The summed E-state index contributed by atoms with van der Waals surface area (Å²) in [5, 5.41) is 14.2. The van der Waals surface area contributed by atoms with E-state index < -0.39 is 4.92 Å². The normalized spacial score (nSPS) is 10.8. The Morgan fingerprint density at radius 1 is 1.35 bits per heavy atom. The Labute approximate surface area is 127 Å². The monoisotopic (exact) mass is 321 g/mol. The lowest BCUT2D eigenvalue weighted by atomic mass is 10.2. The molecule has 0 spiro atoms. The van der Waals surface area contributed by atoms with Crippen molar-refractivity contribution in [1.82, 2.24) is 4.90 Å². The first-order valence-corrected chi connectivity index (χ1v) is 6.76. The number of nitrogens with one attached hydrogen (secondary N) is 1. The molecule has 1 aromatic rings. The number of non-ortho nitro benzene ring substituents is 1. The summed E-state index contributed by atoms with van der Waals surface area (Å²) in [5.74, 6) is 0. The Balaban J connectivity index is 2.58. The van der Waals surface area contributed by atoms with Crippen molar-refractivity contribution >= 4 is 34.6 Å². The summed E-state index contributed by atoms with van der Waals surface area (Å²) in [7, 11) is 3.63. The van der Waals surface area contributed by atoms with Crippen LogP contribution >= 0.6 is 23.2 Å². The number of ether oxygens (including phenoxy) is 1. The van der Waals surface area contributed by atoms with E-state index in [0.29, 0.717) is 18.8 Å². The highest BCUT2D eigenvalue weighted by molar-refractivity contribution is 6.39. The number of methoxy groups -OCH3 is 1. The molecule has 0 atom stereocenters. The van der Waals surface area contributed by atoms with E-state index in [-0.39, 0.29) is 15.7 Å². The van der Waals surface area contributed by atoms with Crippen molar-refractivity contribution in [3.8, 4) is 0 Å². The zero-order valence-corrected chi connectivity index (χ0v) is 12.9. The molecule has 1 aromatic carbocycles. The highest BCUT2D eigenvalue weighted by Gasteiger charge is 2.14. The van der Waals surface area contributed by atoms with Crippen LogP contribution in [0.3, 0.4) is 0 Å². The van der Waals surface area contributed by atoms with Gasteiger partial charge in [-0.3, -0.25) is 10.1 Å². The van der Waals surface area contributed by atoms with Crippen LogP contribution in [0.5, 0.6) is 0 Å². The average Bonchev–Trinajstić information content (AvgIpc) is 2.39. The number of halogens is 2. The van der Waals surface area contributed by atoms with Gasteiger partial charge in [0.15, 0.2) is 0 Å². The van der Waals surface area contributed by atoms with Crippen LogP contribution in [0, 0.1) is 10.1 Å². The van der Waals surface area contributed by atoms with Crippen LogP contribution in [-0.2, 0) is 4.74 Å². The molecule has 112 valence electrons. The van der Waals surface area contributed by atoms with E-state index in [1.807, 2.05) is 7.05 Å². The Bertz CT molecular complexity index is 448. The Kier molecular flexibility index (Phi) is 7.01. The SMILES string of the molecule is COCCN(C)CCNc1c(Cl)cc([N+](=O)[O-])cc1Cl. The number of nitro benzene ring substituents is 1. The summed E-state index contributed by atoms with van der Waals surface area (Å²) in [6.07, 6.45) is 0. The molecule has 8 heteroatoms. The molecule has 0 saturated carbocycles. The highest BCUT2D eigenvalue weighted by Crippen LogP contribution is 2.34. The van der Waals surface area contributed by atoms with Crippen molar-refractivity contribution in [2.24, 2.45) is 0 Å². The molecule has 0 saturated heterocycles. The topological polar surface area (TPSA) is 67.6 Å². The fraction of sp³-hybridized carbons (Fsp3) is 0.500. The number of anilines is 1. The second-order valence-corrected chi connectivity index (χ2v) is 5.08. The van der Waals surface area contributed by atoms with E-state index in [0.717, 1.165) is 13.1 Å². The van der Waals surface area contributed by atoms with E-state index in [2.05, 4.69) is 10.2 Å². The van der Waals surface area contributed by atoms with E-state index in [1.54, 1.807) is 7.11 Å². The maximum absolute atomic E-state index is 10.7. The molecule has 1 N–H and O–H groups in total. The van der Waals surface area contributed by atoms with Crippen molar-refractivity contribution in [2.45, 2.75) is 0 Å². The van der Waals surface area contributed by atoms with Gasteiger partial charge in [0.05, 0.1) is 27.3 Å². The molecule has 0 aliphatic carbocycles. The van der Waals surface area contributed by atoms with Gasteiger partial charge in [0.25, 0.3) is 5.69 Å². The van der Waals surface area contributed by atoms with Gasteiger partial charge in [-0.2, -0.15) is 0 Å². The summed E-state index contributed by atoms with van der Waals surface area (Å²) >= 11 is 12.0. The van der Waals surface area contributed by atoms with E-state index in [9.17, 15) is 10.1 Å². The molecular formula is C12H17Cl2N3O3. The van der Waals surface area contributed by atoms with Gasteiger partial charge in [-0.1, -0.05) is 23.2 Å². The smallest absolute Gasteiger partial charge is 0.272 e. The fourth-order valence-corrected chi connectivity index (χ4v) is 2.17. The van der Waals surface area contributed by atoms with Crippen LogP contribution in [0.2, 0.25) is 10.0 Å². The van der Waals surface area contributed by atoms with Gasteiger partial charge in [-0.25, -0.2) is 0 Å². The lowest BCUT2D eigenvalue weighted by Gasteiger charge is -2.17. The number of nitro groups is 1. The van der Waals surface area contributed by atoms with Gasteiger partial charge >= 0.3 is 0 Å². The first-order chi connectivity index (χ1) is 9.45. The first-order valence-electron chi connectivity index (χ1n) is 6.00. The molecule has 20 heavy (non-hydrogen) atoms. The quantitative estimate of drug-likeness (QED) is 0.589. The summed E-state index contributed by atoms with van der Waals surface area (Å²) in [6, 6.07) is 2.56. The third-order valence-electron chi connectivity index (χ3n) is 2.71. The van der Waals surface area contributed by atoms with E-state index in [1.165, 1.54) is 12.1 Å². The van der Waals surface area contributed by atoms with Crippen molar-refractivity contribution < 1.29 is 9.66 Å². The predicted octanol–water partition coefficient (Wildman–Crippen LogP) is 2.89. The standard InChI is InChI=1S/C12H17Cl2N3O3/c1-16(5-6-20-2)4-3-15-12-10(13)7-9(17(18)19)8-11(12)14/h7-8,15H,3-6H2,1-2H3. The molecule has 0 heterocycles. The molecule has 0 unspecified atom stereocenters. The summed E-state index contributed by atoms with van der Waals surface area (Å²) in [5.41, 5.74) is 0.391. The summed E-state index contributed by atoms with van der Waals surface area (Å²) in [4.78, 5) is 12.2. The van der Waals surface area contributed by atoms with Gasteiger partial charge in [0.2, 0.25) is 0 Å². The minimum atomic E-state index is -0.528. The van der Waals surface area contributed by atoms with Gasteiger partial charge in [0.1, 0.15) is 0 Å². The van der Waals surface area contributed by atoms with E-state index in [4.69, 9.17) is 27.9 Å². The fourth-order valence-electron chi connectivity index (χ4n) is 1.56. The Hall–Kier alpha value is -1.08. The minimum absolute atomic E-state index is 0.122. The van der Waals surface area contributed by atoms with Crippen molar-refractivity contribution in [1.29, 1.82) is 0 Å². The number of hydrogen-bond acceptors (Lipinski definition) is 5. The van der Waals surface area contributed by atoms with Crippen molar-refractivity contribution in [2.75, 3.05) is 45.7 Å². The van der Waals surface area contributed by atoms with Crippen LogP contribution in [0.25, 0.3) is 0 Å². The van der Waals surface area contributed by atoms with Crippen LogP contribution in [-0.4, -0.2) is 50.2 Å². The van der Waals surface area contributed by atoms with Crippen LogP contribution in [0.1, 0.15) is 0 Å². The van der Waals surface area contributed by atoms with Crippen LogP contribution in [0.15, 0.2) is 12.1 Å². The third kappa shape index (κ3) is 5.13. The third-order valence-corrected chi connectivity index (χ3v) is 3.31. The summed E-state index contributed by atoms with van der Waals surface area (Å²) in [6.45, 7) is 2.87. The second-order valence-electron chi connectivity index (χ2n) is 4.26. The zero-order valence-electron chi connectivity index (χ0n) is 11.4. The second kappa shape index (κ2) is 8.26. The minimum Gasteiger partial charge on any atom is -0.383 e. The molecule has 0 fully saturated rings. The zero-order chi connectivity index (χ0) is 15.1. The molecule has 0 amide bonds.